The lowest BCUT2D eigenvalue weighted by Gasteiger charge is -2.29. The smallest absolute Gasteiger partial charge is 0.305 e. The maximum Gasteiger partial charge on any atom is 0.305 e. The van der Waals surface area contributed by atoms with Crippen LogP contribution in [0.5, 0.6) is 0 Å². The number of esters is 1. The lowest BCUT2D eigenvalue weighted by Crippen LogP contribution is -2.26. The number of hydrogen-bond donors (Lipinski definition) is 2. The molecule has 0 saturated heterocycles. The first kappa shape index (κ1) is 27.6. The van der Waals surface area contributed by atoms with E-state index < -0.39 is 0 Å². The molecule has 188 valence electrons. The average Bonchev–Trinajstić information content (AvgIpc) is 3.05. The first-order valence-electron chi connectivity index (χ1n) is 13.6. The van der Waals surface area contributed by atoms with Crippen molar-refractivity contribution >= 4 is 5.97 Å². The van der Waals surface area contributed by atoms with Gasteiger partial charge < -0.3 is 19.7 Å². The van der Waals surface area contributed by atoms with E-state index in [9.17, 15) is 15.0 Å². The number of rotatable bonds is 15. The summed E-state index contributed by atoms with van der Waals surface area (Å²) in [6.07, 6.45) is 13.7. The molecule has 2 aliphatic rings. The van der Waals surface area contributed by atoms with Crippen LogP contribution in [0.2, 0.25) is 0 Å². The summed E-state index contributed by atoms with van der Waals surface area (Å²) in [5.41, 5.74) is 0. The number of carbonyl (C=O) groups is 1. The first-order valence-corrected chi connectivity index (χ1v) is 13.6. The molecule has 2 saturated carbocycles. The monoisotopic (exact) mass is 454 g/mol. The molecule has 5 nitrogen and oxygen atoms in total. The quantitative estimate of drug-likeness (QED) is 0.247. The van der Waals surface area contributed by atoms with Crippen LogP contribution < -0.4 is 0 Å². The van der Waals surface area contributed by atoms with E-state index >= 15 is 0 Å². The van der Waals surface area contributed by atoms with E-state index in [1.54, 1.807) is 0 Å². The fourth-order valence-corrected chi connectivity index (χ4v) is 6.05. The van der Waals surface area contributed by atoms with Crippen molar-refractivity contribution in [3.05, 3.63) is 0 Å². The summed E-state index contributed by atoms with van der Waals surface area (Å²) < 4.78 is 11.0. The Balaban J connectivity index is 1.73. The summed E-state index contributed by atoms with van der Waals surface area (Å²) in [6.45, 7) is 7.34. The Bertz CT molecular complexity index is 502. The van der Waals surface area contributed by atoms with E-state index in [4.69, 9.17) is 9.47 Å². The number of aliphatic hydroxyl groups is 2. The van der Waals surface area contributed by atoms with Gasteiger partial charge in [0.25, 0.3) is 0 Å². The lowest BCUT2D eigenvalue weighted by molar-refractivity contribution is -0.143. The van der Waals surface area contributed by atoms with Crippen LogP contribution >= 0.6 is 0 Å². The van der Waals surface area contributed by atoms with Crippen molar-refractivity contribution in [1.82, 2.24) is 0 Å². The average molecular weight is 455 g/mol. The molecule has 0 aromatic carbocycles. The summed E-state index contributed by atoms with van der Waals surface area (Å²) >= 11 is 0. The highest BCUT2D eigenvalue weighted by Gasteiger charge is 2.42. The van der Waals surface area contributed by atoms with Crippen molar-refractivity contribution < 1.29 is 24.5 Å². The summed E-state index contributed by atoms with van der Waals surface area (Å²) in [6, 6.07) is 0. The van der Waals surface area contributed by atoms with Crippen molar-refractivity contribution in [1.29, 1.82) is 0 Å². The van der Waals surface area contributed by atoms with Crippen LogP contribution in [0.25, 0.3) is 0 Å². The molecule has 1 unspecified atom stereocenters. The Morgan fingerprint density at radius 3 is 2.38 bits per heavy atom. The van der Waals surface area contributed by atoms with Crippen LogP contribution in [0.1, 0.15) is 111 Å². The molecule has 0 bridgehead atoms. The fourth-order valence-electron chi connectivity index (χ4n) is 6.05. The number of hydrogen-bond acceptors (Lipinski definition) is 5. The van der Waals surface area contributed by atoms with Crippen LogP contribution in [0.3, 0.4) is 0 Å². The van der Waals surface area contributed by atoms with Gasteiger partial charge in [0.15, 0.2) is 0 Å². The van der Waals surface area contributed by atoms with Gasteiger partial charge in [0, 0.05) is 19.4 Å². The number of aliphatic hydroxyl groups excluding tert-OH is 2. The zero-order valence-electron chi connectivity index (χ0n) is 21.0. The van der Waals surface area contributed by atoms with Gasteiger partial charge >= 0.3 is 5.97 Å². The SMILES string of the molecule is CCOC(=O)CCCCCC[C@@H]1[C@@H](CCC(O)CC2CCC(C)CC2)[C@H](OCC)C[C@@H]1O. The Hall–Kier alpha value is -0.650. The minimum Gasteiger partial charge on any atom is -0.466 e. The molecule has 5 atom stereocenters. The normalized spacial score (nSPS) is 31.5. The first-order chi connectivity index (χ1) is 15.4. The molecule has 0 spiro atoms. The molecule has 0 aliphatic heterocycles. The molecule has 0 aromatic rings. The third-order valence-electron chi connectivity index (χ3n) is 7.92. The van der Waals surface area contributed by atoms with E-state index in [0.29, 0.717) is 31.5 Å². The molecule has 2 aliphatic carbocycles. The number of ether oxygens (including phenoxy) is 2. The maximum absolute atomic E-state index is 11.4. The lowest BCUT2D eigenvalue weighted by atomic mass is 9.79. The van der Waals surface area contributed by atoms with Crippen LogP contribution in [0.4, 0.5) is 0 Å². The van der Waals surface area contributed by atoms with Gasteiger partial charge in [0.2, 0.25) is 0 Å². The summed E-state index contributed by atoms with van der Waals surface area (Å²) in [5.74, 6) is 2.04. The molecule has 5 heteroatoms. The molecule has 0 aromatic heterocycles. The Kier molecular flexibility index (Phi) is 13.2. The molecular formula is C27H50O5. The summed E-state index contributed by atoms with van der Waals surface area (Å²) in [7, 11) is 0. The minimum absolute atomic E-state index is 0.0976. The van der Waals surface area contributed by atoms with Gasteiger partial charge in [-0.25, -0.2) is 0 Å². The number of unbranched alkanes of at least 4 members (excludes halogenated alkanes) is 3. The van der Waals surface area contributed by atoms with Gasteiger partial charge in [-0.3, -0.25) is 4.79 Å². The Labute approximate surface area is 196 Å². The molecule has 2 N–H and O–H groups in total. The van der Waals surface area contributed by atoms with E-state index in [1.807, 2.05) is 13.8 Å². The summed E-state index contributed by atoms with van der Waals surface area (Å²) in [5, 5.41) is 21.4. The largest absolute Gasteiger partial charge is 0.466 e. The van der Waals surface area contributed by atoms with Crippen molar-refractivity contribution in [3.8, 4) is 0 Å². The van der Waals surface area contributed by atoms with Gasteiger partial charge in [-0.1, -0.05) is 51.9 Å². The third-order valence-corrected chi connectivity index (χ3v) is 7.92. The topological polar surface area (TPSA) is 76.0 Å². The second-order valence-corrected chi connectivity index (χ2v) is 10.5. The second kappa shape index (κ2) is 15.3. The molecular weight excluding hydrogens is 404 g/mol. The van der Waals surface area contributed by atoms with Gasteiger partial charge in [-0.15, -0.1) is 0 Å². The molecule has 0 amide bonds. The maximum atomic E-state index is 11.4. The predicted molar refractivity (Wildman–Crippen MR) is 128 cm³/mol. The standard InChI is InChI=1S/C27H50O5/c1-4-31-26-19-25(29)23(10-8-6-7-9-11-27(30)32-5-2)24(26)17-16-22(28)18-21-14-12-20(3)13-15-21/h20-26,28-29H,4-19H2,1-3H3/t20?,21?,22?,23-,24-,25+,26-/m1/s1. The van der Waals surface area contributed by atoms with E-state index in [1.165, 1.54) is 25.7 Å². The van der Waals surface area contributed by atoms with Gasteiger partial charge in [-0.2, -0.15) is 0 Å². The molecule has 0 heterocycles. The molecule has 32 heavy (non-hydrogen) atoms. The second-order valence-electron chi connectivity index (χ2n) is 10.5. The van der Waals surface area contributed by atoms with E-state index in [0.717, 1.165) is 63.7 Å². The van der Waals surface area contributed by atoms with Crippen molar-refractivity contribution in [2.75, 3.05) is 13.2 Å². The van der Waals surface area contributed by atoms with Gasteiger partial charge in [0.05, 0.1) is 24.9 Å². The zero-order chi connectivity index (χ0) is 23.3. The van der Waals surface area contributed by atoms with E-state index in [2.05, 4.69) is 6.92 Å². The Morgan fingerprint density at radius 1 is 0.969 bits per heavy atom. The highest BCUT2D eigenvalue weighted by molar-refractivity contribution is 5.69. The van der Waals surface area contributed by atoms with Crippen LogP contribution in [-0.2, 0) is 14.3 Å². The fraction of sp³-hybridized carbons (Fsp3) is 0.963. The minimum atomic E-state index is -0.298. The van der Waals surface area contributed by atoms with E-state index in [-0.39, 0.29) is 30.2 Å². The Morgan fingerprint density at radius 2 is 1.69 bits per heavy atom. The molecule has 2 fully saturated rings. The highest BCUT2D eigenvalue weighted by atomic mass is 16.5. The predicted octanol–water partition coefficient (Wildman–Crippen LogP) is 5.65. The molecule has 2 rings (SSSR count). The molecule has 0 radical (unpaired) electrons. The van der Waals surface area contributed by atoms with Crippen LogP contribution in [0, 0.1) is 23.7 Å². The van der Waals surface area contributed by atoms with Gasteiger partial charge in [-0.05, 0) is 69.6 Å². The van der Waals surface area contributed by atoms with Crippen LogP contribution in [0.15, 0.2) is 0 Å². The van der Waals surface area contributed by atoms with Crippen molar-refractivity contribution in [2.24, 2.45) is 23.7 Å². The van der Waals surface area contributed by atoms with Gasteiger partial charge in [0.1, 0.15) is 0 Å². The number of carbonyl (C=O) groups excluding carboxylic acids is 1. The highest BCUT2D eigenvalue weighted by Crippen LogP contribution is 2.41. The van der Waals surface area contributed by atoms with Crippen LogP contribution in [-0.4, -0.2) is 47.7 Å². The summed E-state index contributed by atoms with van der Waals surface area (Å²) in [4.78, 5) is 11.4. The third kappa shape index (κ3) is 9.69. The van der Waals surface area contributed by atoms with Crippen molar-refractivity contribution in [2.45, 2.75) is 129 Å². The zero-order valence-corrected chi connectivity index (χ0v) is 21.0. The van der Waals surface area contributed by atoms with Crippen molar-refractivity contribution in [3.63, 3.8) is 0 Å².